The van der Waals surface area contributed by atoms with Crippen molar-refractivity contribution in [2.24, 2.45) is 0 Å². The SMILES string of the molecule is COC(=O)CCN1CCSCC1. The zero-order chi connectivity index (χ0) is 8.81. The number of carbonyl (C=O) groups is 1. The number of hydrogen-bond acceptors (Lipinski definition) is 4. The third kappa shape index (κ3) is 3.45. The normalized spacial score (nSPS) is 19.1. The molecule has 0 aromatic rings. The maximum absolute atomic E-state index is 10.8. The summed E-state index contributed by atoms with van der Waals surface area (Å²) in [7, 11) is 1.44. The molecule has 4 heteroatoms. The van der Waals surface area contributed by atoms with Crippen LogP contribution in [0.15, 0.2) is 0 Å². The van der Waals surface area contributed by atoms with Crippen molar-refractivity contribution in [1.29, 1.82) is 0 Å². The Labute approximate surface area is 77.4 Å². The molecule has 0 N–H and O–H groups in total. The summed E-state index contributed by atoms with van der Waals surface area (Å²) in [6.45, 7) is 3.08. The van der Waals surface area contributed by atoms with Crippen LogP contribution in [-0.4, -0.2) is 49.1 Å². The van der Waals surface area contributed by atoms with E-state index in [1.54, 1.807) is 0 Å². The van der Waals surface area contributed by atoms with E-state index in [0.29, 0.717) is 6.42 Å². The monoisotopic (exact) mass is 189 g/mol. The number of hydrogen-bond donors (Lipinski definition) is 0. The van der Waals surface area contributed by atoms with E-state index in [1.807, 2.05) is 11.8 Å². The Kier molecular flexibility index (Phi) is 4.46. The van der Waals surface area contributed by atoms with Crippen LogP contribution in [0.4, 0.5) is 0 Å². The van der Waals surface area contributed by atoms with Gasteiger partial charge in [0.15, 0.2) is 0 Å². The Morgan fingerprint density at radius 1 is 1.50 bits per heavy atom. The average molecular weight is 189 g/mol. The Bertz CT molecular complexity index is 146. The van der Waals surface area contributed by atoms with Crippen LogP contribution in [-0.2, 0) is 9.53 Å². The first kappa shape index (κ1) is 9.86. The van der Waals surface area contributed by atoms with Crippen molar-refractivity contribution >= 4 is 17.7 Å². The van der Waals surface area contributed by atoms with Gasteiger partial charge in [0.1, 0.15) is 0 Å². The summed E-state index contributed by atoms with van der Waals surface area (Å²) >= 11 is 1.98. The second kappa shape index (κ2) is 5.43. The first-order valence-corrected chi connectivity index (χ1v) is 5.35. The zero-order valence-corrected chi connectivity index (χ0v) is 8.23. The Balaban J connectivity index is 2.09. The molecule has 0 saturated carbocycles. The lowest BCUT2D eigenvalue weighted by Gasteiger charge is -2.25. The summed E-state index contributed by atoms with van der Waals surface area (Å²) in [5.74, 6) is 2.29. The summed E-state index contributed by atoms with van der Waals surface area (Å²) in [6.07, 6.45) is 0.529. The second-order valence-electron chi connectivity index (χ2n) is 2.78. The highest BCUT2D eigenvalue weighted by Gasteiger charge is 2.11. The number of carbonyl (C=O) groups excluding carboxylic acids is 1. The lowest BCUT2D eigenvalue weighted by molar-refractivity contribution is -0.140. The van der Waals surface area contributed by atoms with Gasteiger partial charge in [-0.3, -0.25) is 4.79 Å². The highest BCUT2D eigenvalue weighted by molar-refractivity contribution is 7.99. The van der Waals surface area contributed by atoms with E-state index in [9.17, 15) is 4.79 Å². The Morgan fingerprint density at radius 3 is 2.75 bits per heavy atom. The van der Waals surface area contributed by atoms with Gasteiger partial charge in [0, 0.05) is 31.1 Å². The van der Waals surface area contributed by atoms with Gasteiger partial charge < -0.3 is 9.64 Å². The Hall–Kier alpha value is -0.220. The number of thioether (sulfide) groups is 1. The van der Waals surface area contributed by atoms with E-state index in [4.69, 9.17) is 0 Å². The van der Waals surface area contributed by atoms with E-state index in [2.05, 4.69) is 9.64 Å². The minimum atomic E-state index is -0.103. The smallest absolute Gasteiger partial charge is 0.306 e. The highest BCUT2D eigenvalue weighted by Crippen LogP contribution is 2.09. The fourth-order valence-electron chi connectivity index (χ4n) is 1.18. The first-order chi connectivity index (χ1) is 5.83. The number of rotatable bonds is 3. The molecule has 1 fully saturated rings. The molecule has 1 aliphatic heterocycles. The standard InChI is InChI=1S/C8H15NO2S/c1-11-8(10)2-3-9-4-6-12-7-5-9/h2-7H2,1H3. The molecule has 0 aliphatic carbocycles. The first-order valence-electron chi connectivity index (χ1n) is 4.20. The maximum Gasteiger partial charge on any atom is 0.306 e. The minimum absolute atomic E-state index is 0.103. The predicted octanol–water partition coefficient (Wildman–Crippen LogP) is 0.598. The number of nitrogens with zero attached hydrogens (tertiary/aromatic N) is 1. The predicted molar refractivity (Wildman–Crippen MR) is 50.4 cm³/mol. The molecule has 0 aromatic heterocycles. The third-order valence-electron chi connectivity index (χ3n) is 1.96. The highest BCUT2D eigenvalue weighted by atomic mass is 32.2. The molecule has 0 atom stereocenters. The van der Waals surface area contributed by atoms with Crippen LogP contribution in [0.3, 0.4) is 0 Å². The van der Waals surface area contributed by atoms with E-state index in [-0.39, 0.29) is 5.97 Å². The van der Waals surface area contributed by atoms with Crippen LogP contribution in [0.1, 0.15) is 6.42 Å². The third-order valence-corrected chi connectivity index (χ3v) is 2.91. The molecule has 0 aromatic carbocycles. The molecule has 0 bridgehead atoms. The van der Waals surface area contributed by atoms with Crippen molar-refractivity contribution < 1.29 is 9.53 Å². The van der Waals surface area contributed by atoms with Crippen LogP contribution >= 0.6 is 11.8 Å². The fourth-order valence-corrected chi connectivity index (χ4v) is 2.15. The van der Waals surface area contributed by atoms with E-state index in [1.165, 1.54) is 18.6 Å². The molecule has 1 saturated heterocycles. The lowest BCUT2D eigenvalue weighted by atomic mass is 10.4. The van der Waals surface area contributed by atoms with Gasteiger partial charge in [-0.05, 0) is 0 Å². The van der Waals surface area contributed by atoms with E-state index < -0.39 is 0 Å². The molecule has 0 spiro atoms. The molecule has 3 nitrogen and oxygen atoms in total. The van der Waals surface area contributed by atoms with Crippen LogP contribution < -0.4 is 0 Å². The molecule has 1 rings (SSSR count). The van der Waals surface area contributed by atoms with Crippen molar-refractivity contribution in [3.8, 4) is 0 Å². The van der Waals surface area contributed by atoms with Gasteiger partial charge in [-0.15, -0.1) is 0 Å². The maximum atomic E-state index is 10.8. The lowest BCUT2D eigenvalue weighted by Crippen LogP contribution is -2.34. The Morgan fingerprint density at radius 2 is 2.17 bits per heavy atom. The second-order valence-corrected chi connectivity index (χ2v) is 4.00. The summed E-state index contributed by atoms with van der Waals surface area (Å²) in [5.41, 5.74) is 0. The van der Waals surface area contributed by atoms with Crippen LogP contribution in [0.5, 0.6) is 0 Å². The summed E-state index contributed by atoms with van der Waals surface area (Å²) in [4.78, 5) is 13.1. The molecule has 0 radical (unpaired) electrons. The average Bonchev–Trinajstić information content (AvgIpc) is 2.16. The molecular weight excluding hydrogens is 174 g/mol. The number of methoxy groups -OCH3 is 1. The van der Waals surface area contributed by atoms with E-state index in [0.717, 1.165) is 19.6 Å². The van der Waals surface area contributed by atoms with Crippen LogP contribution in [0.25, 0.3) is 0 Å². The van der Waals surface area contributed by atoms with Crippen molar-refractivity contribution in [1.82, 2.24) is 4.90 Å². The van der Waals surface area contributed by atoms with Crippen molar-refractivity contribution in [2.45, 2.75) is 6.42 Å². The molecular formula is C8H15NO2S. The fraction of sp³-hybridized carbons (Fsp3) is 0.875. The summed E-state index contributed by atoms with van der Waals surface area (Å²) in [6, 6.07) is 0. The summed E-state index contributed by atoms with van der Waals surface area (Å²) < 4.78 is 4.57. The largest absolute Gasteiger partial charge is 0.469 e. The van der Waals surface area contributed by atoms with Gasteiger partial charge in [-0.2, -0.15) is 11.8 Å². The molecule has 0 amide bonds. The van der Waals surface area contributed by atoms with Gasteiger partial charge in [-0.25, -0.2) is 0 Å². The topological polar surface area (TPSA) is 29.5 Å². The van der Waals surface area contributed by atoms with Crippen molar-refractivity contribution in [3.05, 3.63) is 0 Å². The van der Waals surface area contributed by atoms with Gasteiger partial charge in [-0.1, -0.05) is 0 Å². The van der Waals surface area contributed by atoms with Crippen LogP contribution in [0.2, 0.25) is 0 Å². The van der Waals surface area contributed by atoms with Gasteiger partial charge >= 0.3 is 5.97 Å². The quantitative estimate of drug-likeness (QED) is 0.608. The molecule has 12 heavy (non-hydrogen) atoms. The summed E-state index contributed by atoms with van der Waals surface area (Å²) in [5, 5.41) is 0. The van der Waals surface area contributed by atoms with Crippen molar-refractivity contribution in [3.63, 3.8) is 0 Å². The van der Waals surface area contributed by atoms with E-state index >= 15 is 0 Å². The number of ether oxygens (including phenoxy) is 1. The molecule has 70 valence electrons. The van der Waals surface area contributed by atoms with Gasteiger partial charge in [0.2, 0.25) is 0 Å². The van der Waals surface area contributed by atoms with Crippen LogP contribution in [0, 0.1) is 0 Å². The van der Waals surface area contributed by atoms with Gasteiger partial charge in [0.05, 0.1) is 13.5 Å². The minimum Gasteiger partial charge on any atom is -0.469 e. The zero-order valence-electron chi connectivity index (χ0n) is 7.41. The number of esters is 1. The molecule has 1 aliphatic rings. The van der Waals surface area contributed by atoms with Crippen molar-refractivity contribution in [2.75, 3.05) is 38.2 Å². The molecule has 0 unspecified atom stereocenters. The molecule has 1 heterocycles. The van der Waals surface area contributed by atoms with Gasteiger partial charge in [0.25, 0.3) is 0 Å².